The molecule has 0 spiro atoms. The van der Waals surface area contributed by atoms with Crippen molar-refractivity contribution in [3.63, 3.8) is 0 Å². The van der Waals surface area contributed by atoms with E-state index in [-0.39, 0.29) is 12.5 Å². The van der Waals surface area contributed by atoms with E-state index in [0.717, 1.165) is 0 Å². The van der Waals surface area contributed by atoms with Crippen molar-refractivity contribution in [1.82, 2.24) is 0 Å². The van der Waals surface area contributed by atoms with Gasteiger partial charge < -0.3 is 19.5 Å². The molecule has 1 heterocycles. The third kappa shape index (κ3) is 3.74. The number of nitrogens with zero attached hydrogens (tertiary/aromatic N) is 1. The molecule has 1 amide bonds. The standard InChI is InChI=1S/C21H23NO5/c1-13(2)12-27-18-9-8-14(10-19(18)26-3)20(23)22-11-16(21(24)25)15-6-4-5-7-17(15)22/h4-10,13,16H,11-12H2,1-3H3,(H,24,25). The van der Waals surface area contributed by atoms with Crippen LogP contribution in [0.1, 0.15) is 35.7 Å². The van der Waals surface area contributed by atoms with Gasteiger partial charge in [0.05, 0.1) is 13.7 Å². The molecule has 6 nitrogen and oxygen atoms in total. The molecule has 142 valence electrons. The van der Waals surface area contributed by atoms with Gasteiger partial charge in [-0.2, -0.15) is 0 Å². The van der Waals surface area contributed by atoms with Crippen LogP contribution >= 0.6 is 0 Å². The summed E-state index contributed by atoms with van der Waals surface area (Å²) < 4.78 is 11.1. The van der Waals surface area contributed by atoms with E-state index in [2.05, 4.69) is 0 Å². The van der Waals surface area contributed by atoms with Crippen molar-refractivity contribution in [2.45, 2.75) is 19.8 Å². The van der Waals surface area contributed by atoms with E-state index in [1.54, 1.807) is 42.5 Å². The first-order valence-electron chi connectivity index (χ1n) is 8.86. The topological polar surface area (TPSA) is 76.1 Å². The average Bonchev–Trinajstić information content (AvgIpc) is 3.05. The summed E-state index contributed by atoms with van der Waals surface area (Å²) >= 11 is 0. The Hall–Kier alpha value is -3.02. The molecular weight excluding hydrogens is 346 g/mol. The van der Waals surface area contributed by atoms with Crippen molar-refractivity contribution in [2.75, 3.05) is 25.2 Å². The highest BCUT2D eigenvalue weighted by Gasteiger charge is 2.36. The molecule has 27 heavy (non-hydrogen) atoms. The average molecular weight is 369 g/mol. The summed E-state index contributed by atoms with van der Waals surface area (Å²) in [6.07, 6.45) is 0. The maximum atomic E-state index is 13.1. The Kier molecular flexibility index (Phi) is 5.35. The fraction of sp³-hybridized carbons (Fsp3) is 0.333. The first-order chi connectivity index (χ1) is 12.9. The Bertz CT molecular complexity index is 861. The lowest BCUT2D eigenvalue weighted by Gasteiger charge is -2.19. The number of amides is 1. The van der Waals surface area contributed by atoms with E-state index in [4.69, 9.17) is 9.47 Å². The number of hydrogen-bond donors (Lipinski definition) is 1. The maximum absolute atomic E-state index is 13.1. The molecule has 2 aromatic rings. The lowest BCUT2D eigenvalue weighted by atomic mass is 10.0. The Morgan fingerprint density at radius 1 is 1.19 bits per heavy atom. The Morgan fingerprint density at radius 3 is 2.59 bits per heavy atom. The second-order valence-corrected chi connectivity index (χ2v) is 6.94. The second kappa shape index (κ2) is 7.70. The summed E-state index contributed by atoms with van der Waals surface area (Å²) in [7, 11) is 1.53. The van der Waals surface area contributed by atoms with Gasteiger partial charge in [-0.3, -0.25) is 9.59 Å². The number of carboxylic acids is 1. The SMILES string of the molecule is COc1cc(C(=O)N2CC(C(=O)O)c3ccccc32)ccc1OCC(C)C. The van der Waals surface area contributed by atoms with Crippen LogP contribution in [0.15, 0.2) is 42.5 Å². The van der Waals surface area contributed by atoms with E-state index >= 15 is 0 Å². The second-order valence-electron chi connectivity index (χ2n) is 6.94. The van der Waals surface area contributed by atoms with Crippen LogP contribution < -0.4 is 14.4 Å². The molecule has 1 atom stereocenters. The molecule has 0 aliphatic carbocycles. The molecule has 1 aliphatic heterocycles. The Balaban J connectivity index is 1.89. The predicted molar refractivity (Wildman–Crippen MR) is 102 cm³/mol. The summed E-state index contributed by atoms with van der Waals surface area (Å²) in [4.78, 5) is 26.1. The summed E-state index contributed by atoms with van der Waals surface area (Å²) in [6, 6.07) is 12.1. The van der Waals surface area contributed by atoms with Crippen LogP contribution in [-0.2, 0) is 4.79 Å². The van der Waals surface area contributed by atoms with Gasteiger partial charge in [-0.25, -0.2) is 0 Å². The number of benzene rings is 2. The van der Waals surface area contributed by atoms with Crippen LogP contribution in [-0.4, -0.2) is 37.2 Å². The highest BCUT2D eigenvalue weighted by Crippen LogP contribution is 2.38. The minimum Gasteiger partial charge on any atom is -0.493 e. The number of carbonyl (C=O) groups excluding carboxylic acids is 1. The van der Waals surface area contributed by atoms with Crippen molar-refractivity contribution in [3.8, 4) is 11.5 Å². The van der Waals surface area contributed by atoms with Gasteiger partial charge in [-0.1, -0.05) is 32.0 Å². The first-order valence-corrected chi connectivity index (χ1v) is 8.86. The smallest absolute Gasteiger partial charge is 0.312 e. The molecule has 1 aliphatic rings. The number of methoxy groups -OCH3 is 1. The van der Waals surface area contributed by atoms with Gasteiger partial charge in [0.15, 0.2) is 11.5 Å². The largest absolute Gasteiger partial charge is 0.493 e. The van der Waals surface area contributed by atoms with Crippen LogP contribution in [0.25, 0.3) is 0 Å². The molecular formula is C21H23NO5. The van der Waals surface area contributed by atoms with Crippen LogP contribution in [0.5, 0.6) is 11.5 Å². The number of carboxylic acid groups (broad SMARTS) is 1. The number of carbonyl (C=O) groups is 2. The fourth-order valence-corrected chi connectivity index (χ4v) is 3.14. The van der Waals surface area contributed by atoms with Gasteiger partial charge in [0.2, 0.25) is 0 Å². The maximum Gasteiger partial charge on any atom is 0.312 e. The molecule has 3 rings (SSSR count). The normalized spacial score (nSPS) is 15.6. The van der Waals surface area contributed by atoms with Crippen LogP contribution in [0, 0.1) is 5.92 Å². The van der Waals surface area contributed by atoms with E-state index in [1.807, 2.05) is 13.8 Å². The molecule has 6 heteroatoms. The number of ether oxygens (including phenoxy) is 2. The lowest BCUT2D eigenvalue weighted by Crippen LogP contribution is -2.31. The van der Waals surface area contributed by atoms with Gasteiger partial charge in [-0.15, -0.1) is 0 Å². The molecule has 0 aromatic heterocycles. The summed E-state index contributed by atoms with van der Waals surface area (Å²) in [5.41, 5.74) is 1.71. The zero-order chi connectivity index (χ0) is 19.6. The third-order valence-electron chi connectivity index (χ3n) is 4.49. The number of rotatable bonds is 6. The first kappa shape index (κ1) is 18.8. The molecule has 0 fully saturated rings. The minimum atomic E-state index is -0.937. The minimum absolute atomic E-state index is 0.113. The number of anilines is 1. The van der Waals surface area contributed by atoms with E-state index < -0.39 is 11.9 Å². The molecule has 0 saturated carbocycles. The quantitative estimate of drug-likeness (QED) is 0.843. The van der Waals surface area contributed by atoms with E-state index in [0.29, 0.717) is 40.8 Å². The van der Waals surface area contributed by atoms with Crippen molar-refractivity contribution >= 4 is 17.6 Å². The lowest BCUT2D eigenvalue weighted by molar-refractivity contribution is -0.138. The molecule has 0 saturated heterocycles. The number of fused-ring (bicyclic) bond motifs is 1. The number of aliphatic carboxylic acids is 1. The van der Waals surface area contributed by atoms with Gasteiger partial charge in [0, 0.05) is 17.8 Å². The highest BCUT2D eigenvalue weighted by atomic mass is 16.5. The number of hydrogen-bond acceptors (Lipinski definition) is 4. The van der Waals surface area contributed by atoms with Crippen LogP contribution in [0.3, 0.4) is 0 Å². The zero-order valence-electron chi connectivity index (χ0n) is 15.6. The van der Waals surface area contributed by atoms with Gasteiger partial charge in [0.1, 0.15) is 5.92 Å². The zero-order valence-corrected chi connectivity index (χ0v) is 15.6. The van der Waals surface area contributed by atoms with Gasteiger partial charge >= 0.3 is 5.97 Å². The van der Waals surface area contributed by atoms with Crippen LogP contribution in [0.4, 0.5) is 5.69 Å². The third-order valence-corrected chi connectivity index (χ3v) is 4.49. The Labute approximate surface area is 158 Å². The predicted octanol–water partition coefficient (Wildman–Crippen LogP) is 3.56. The molecule has 0 bridgehead atoms. The molecule has 2 aromatic carbocycles. The molecule has 0 radical (unpaired) electrons. The van der Waals surface area contributed by atoms with Crippen molar-refractivity contribution in [1.29, 1.82) is 0 Å². The van der Waals surface area contributed by atoms with Gasteiger partial charge in [0.25, 0.3) is 5.91 Å². The Morgan fingerprint density at radius 2 is 1.93 bits per heavy atom. The van der Waals surface area contributed by atoms with Crippen molar-refractivity contribution in [3.05, 3.63) is 53.6 Å². The van der Waals surface area contributed by atoms with Crippen molar-refractivity contribution < 1.29 is 24.2 Å². The number of para-hydroxylation sites is 1. The van der Waals surface area contributed by atoms with Gasteiger partial charge in [-0.05, 0) is 35.7 Å². The highest BCUT2D eigenvalue weighted by molar-refractivity contribution is 6.09. The van der Waals surface area contributed by atoms with Crippen molar-refractivity contribution in [2.24, 2.45) is 5.92 Å². The summed E-state index contributed by atoms with van der Waals surface area (Å²) in [5.74, 6) is -0.504. The summed E-state index contributed by atoms with van der Waals surface area (Å²) in [6.45, 7) is 4.76. The monoisotopic (exact) mass is 369 g/mol. The van der Waals surface area contributed by atoms with E-state index in [1.165, 1.54) is 12.0 Å². The molecule has 1 unspecified atom stereocenters. The molecule has 1 N–H and O–H groups in total. The van der Waals surface area contributed by atoms with Crippen LogP contribution in [0.2, 0.25) is 0 Å². The van der Waals surface area contributed by atoms with E-state index in [9.17, 15) is 14.7 Å². The fourth-order valence-electron chi connectivity index (χ4n) is 3.14. The summed E-state index contributed by atoms with van der Waals surface area (Å²) in [5, 5.41) is 9.48.